The summed E-state index contributed by atoms with van der Waals surface area (Å²) >= 11 is 0. The SMILES string of the molecule is O=C(Cn1ncc2c(N3CCOCC3)ncnc21)NCc1cc(F)cc(F)c1. The van der Waals surface area contributed by atoms with E-state index in [-0.39, 0.29) is 19.0 Å². The maximum atomic E-state index is 13.2. The lowest BCUT2D eigenvalue weighted by atomic mass is 10.2. The van der Waals surface area contributed by atoms with Gasteiger partial charge in [-0.25, -0.2) is 23.4 Å². The lowest BCUT2D eigenvalue weighted by molar-refractivity contribution is -0.121. The molecule has 28 heavy (non-hydrogen) atoms. The van der Waals surface area contributed by atoms with Gasteiger partial charge in [-0.15, -0.1) is 0 Å². The topological polar surface area (TPSA) is 85.2 Å². The molecule has 1 aliphatic rings. The molecule has 0 spiro atoms. The van der Waals surface area contributed by atoms with Crippen LogP contribution in [0.2, 0.25) is 0 Å². The van der Waals surface area contributed by atoms with Crippen LogP contribution >= 0.6 is 0 Å². The van der Waals surface area contributed by atoms with Gasteiger partial charge in [-0.3, -0.25) is 4.79 Å². The highest BCUT2D eigenvalue weighted by molar-refractivity contribution is 5.87. The van der Waals surface area contributed by atoms with E-state index in [1.165, 1.54) is 23.1 Å². The smallest absolute Gasteiger partial charge is 0.242 e. The summed E-state index contributed by atoms with van der Waals surface area (Å²) in [6, 6.07) is 3.13. The van der Waals surface area contributed by atoms with E-state index in [9.17, 15) is 13.6 Å². The number of ether oxygens (including phenoxy) is 1. The average molecular weight is 388 g/mol. The van der Waals surface area contributed by atoms with Gasteiger partial charge >= 0.3 is 0 Å². The van der Waals surface area contributed by atoms with Crippen LogP contribution in [0, 0.1) is 11.6 Å². The second-order valence-corrected chi connectivity index (χ2v) is 6.39. The Bertz CT molecular complexity index is 983. The molecule has 1 fully saturated rings. The molecule has 3 aromatic rings. The normalized spacial score (nSPS) is 14.4. The zero-order valence-corrected chi connectivity index (χ0v) is 14.9. The molecule has 10 heteroatoms. The predicted octanol–water partition coefficient (Wildman–Crippen LogP) is 1.26. The number of nitrogens with zero attached hydrogens (tertiary/aromatic N) is 5. The fourth-order valence-corrected chi connectivity index (χ4v) is 3.13. The maximum Gasteiger partial charge on any atom is 0.242 e. The van der Waals surface area contributed by atoms with Crippen LogP contribution < -0.4 is 10.2 Å². The van der Waals surface area contributed by atoms with Gasteiger partial charge < -0.3 is 15.0 Å². The van der Waals surface area contributed by atoms with Crippen LogP contribution in [0.15, 0.2) is 30.7 Å². The van der Waals surface area contributed by atoms with E-state index >= 15 is 0 Å². The average Bonchev–Trinajstić information content (AvgIpc) is 3.09. The first-order valence-electron chi connectivity index (χ1n) is 8.81. The molecule has 2 aromatic heterocycles. The van der Waals surface area contributed by atoms with Gasteiger partial charge in [0, 0.05) is 25.7 Å². The number of morpholine rings is 1. The molecule has 146 valence electrons. The highest BCUT2D eigenvalue weighted by Gasteiger charge is 2.18. The third-order valence-electron chi connectivity index (χ3n) is 4.43. The van der Waals surface area contributed by atoms with Crippen molar-refractivity contribution >= 4 is 22.8 Å². The zero-order chi connectivity index (χ0) is 19.5. The van der Waals surface area contributed by atoms with E-state index in [1.807, 2.05) is 0 Å². The van der Waals surface area contributed by atoms with Crippen molar-refractivity contribution in [3.05, 3.63) is 47.9 Å². The van der Waals surface area contributed by atoms with Crippen LogP contribution in [0.25, 0.3) is 11.0 Å². The number of nitrogens with one attached hydrogen (secondary N) is 1. The zero-order valence-electron chi connectivity index (χ0n) is 14.9. The van der Waals surface area contributed by atoms with Gasteiger partial charge in [0.05, 0.1) is 24.8 Å². The van der Waals surface area contributed by atoms with E-state index in [2.05, 4.69) is 25.3 Å². The lowest BCUT2D eigenvalue weighted by Crippen LogP contribution is -2.36. The van der Waals surface area contributed by atoms with Crippen LogP contribution in [0.4, 0.5) is 14.6 Å². The highest BCUT2D eigenvalue weighted by Crippen LogP contribution is 2.23. The fourth-order valence-electron chi connectivity index (χ4n) is 3.13. The molecule has 4 rings (SSSR count). The first-order valence-corrected chi connectivity index (χ1v) is 8.81. The molecule has 3 heterocycles. The summed E-state index contributed by atoms with van der Waals surface area (Å²) in [6.07, 6.45) is 3.08. The van der Waals surface area contributed by atoms with Crippen LogP contribution in [0.3, 0.4) is 0 Å². The van der Waals surface area contributed by atoms with Crippen molar-refractivity contribution in [2.45, 2.75) is 13.1 Å². The minimum Gasteiger partial charge on any atom is -0.378 e. The Morgan fingerprint density at radius 2 is 1.89 bits per heavy atom. The van der Waals surface area contributed by atoms with Crippen molar-refractivity contribution in [2.24, 2.45) is 0 Å². The Balaban J connectivity index is 1.46. The molecule has 0 bridgehead atoms. The lowest BCUT2D eigenvalue weighted by Gasteiger charge is -2.27. The largest absolute Gasteiger partial charge is 0.378 e. The van der Waals surface area contributed by atoms with E-state index in [0.717, 1.165) is 30.4 Å². The van der Waals surface area contributed by atoms with Crippen molar-refractivity contribution in [1.29, 1.82) is 0 Å². The van der Waals surface area contributed by atoms with Crippen LogP contribution in [-0.4, -0.2) is 52.0 Å². The van der Waals surface area contributed by atoms with Crippen molar-refractivity contribution in [1.82, 2.24) is 25.1 Å². The Hall–Kier alpha value is -3.14. The van der Waals surface area contributed by atoms with Crippen molar-refractivity contribution in [3.8, 4) is 0 Å². The number of hydrogen-bond donors (Lipinski definition) is 1. The molecule has 1 saturated heterocycles. The standard InChI is InChI=1S/C18H18F2N6O2/c19-13-5-12(6-14(20)7-13)8-21-16(27)10-26-18-15(9-24-26)17(22-11-23-18)25-1-3-28-4-2-25/h5-7,9,11H,1-4,8,10H2,(H,21,27). The third kappa shape index (κ3) is 3.91. The summed E-state index contributed by atoms with van der Waals surface area (Å²) in [5, 5.41) is 7.63. The van der Waals surface area contributed by atoms with Gasteiger partial charge in [-0.05, 0) is 17.7 Å². The summed E-state index contributed by atoms with van der Waals surface area (Å²) in [4.78, 5) is 22.9. The Morgan fingerprint density at radius 1 is 1.14 bits per heavy atom. The summed E-state index contributed by atoms with van der Waals surface area (Å²) in [5.74, 6) is -0.958. The van der Waals surface area contributed by atoms with Crippen molar-refractivity contribution < 1.29 is 18.3 Å². The molecular weight excluding hydrogens is 370 g/mol. The summed E-state index contributed by atoms with van der Waals surface area (Å²) in [7, 11) is 0. The van der Waals surface area contributed by atoms with Gasteiger partial charge in [0.15, 0.2) is 5.65 Å². The van der Waals surface area contributed by atoms with Gasteiger partial charge in [0.25, 0.3) is 0 Å². The van der Waals surface area contributed by atoms with Crippen LogP contribution in [-0.2, 0) is 22.6 Å². The van der Waals surface area contributed by atoms with E-state index in [0.29, 0.717) is 24.4 Å². The number of anilines is 1. The monoisotopic (exact) mass is 388 g/mol. The van der Waals surface area contributed by atoms with Crippen molar-refractivity contribution in [3.63, 3.8) is 0 Å². The molecule has 1 N–H and O–H groups in total. The summed E-state index contributed by atoms with van der Waals surface area (Å²) in [5.41, 5.74) is 0.886. The van der Waals surface area contributed by atoms with Gasteiger partial charge in [0.1, 0.15) is 30.3 Å². The van der Waals surface area contributed by atoms with Crippen LogP contribution in [0.1, 0.15) is 5.56 Å². The molecule has 0 atom stereocenters. The first-order chi connectivity index (χ1) is 13.6. The number of aromatic nitrogens is 4. The molecule has 8 nitrogen and oxygen atoms in total. The molecule has 1 aliphatic heterocycles. The molecule has 1 amide bonds. The molecule has 0 aliphatic carbocycles. The number of halogens is 2. The summed E-state index contributed by atoms with van der Waals surface area (Å²) < 4.78 is 33.3. The second-order valence-electron chi connectivity index (χ2n) is 6.39. The number of hydrogen-bond acceptors (Lipinski definition) is 6. The number of amides is 1. The van der Waals surface area contributed by atoms with Gasteiger partial charge in [-0.1, -0.05) is 0 Å². The third-order valence-corrected chi connectivity index (χ3v) is 4.43. The van der Waals surface area contributed by atoms with E-state index in [1.54, 1.807) is 6.20 Å². The maximum absolute atomic E-state index is 13.2. The molecule has 1 aromatic carbocycles. The number of fused-ring (bicyclic) bond motifs is 1. The summed E-state index contributed by atoms with van der Waals surface area (Å²) in [6.45, 7) is 2.65. The van der Waals surface area contributed by atoms with Gasteiger partial charge in [-0.2, -0.15) is 5.10 Å². The first kappa shape index (κ1) is 18.2. The predicted molar refractivity (Wildman–Crippen MR) is 96.6 cm³/mol. The number of benzene rings is 1. The minimum atomic E-state index is -0.685. The molecule has 0 unspecified atom stereocenters. The number of rotatable bonds is 5. The number of carbonyl (C=O) groups is 1. The molecular formula is C18H18F2N6O2. The van der Waals surface area contributed by atoms with Crippen molar-refractivity contribution in [2.75, 3.05) is 31.2 Å². The van der Waals surface area contributed by atoms with Gasteiger partial charge in [0.2, 0.25) is 5.91 Å². The van der Waals surface area contributed by atoms with Crippen LogP contribution in [0.5, 0.6) is 0 Å². The van der Waals surface area contributed by atoms with E-state index < -0.39 is 11.6 Å². The van der Waals surface area contributed by atoms with E-state index in [4.69, 9.17) is 4.74 Å². The minimum absolute atomic E-state index is 0.0146. The molecule has 0 radical (unpaired) electrons. The molecule has 0 saturated carbocycles. The Kier molecular flexibility index (Phi) is 5.11. The Labute approximate surface area is 159 Å². The fraction of sp³-hybridized carbons (Fsp3) is 0.333. The highest BCUT2D eigenvalue weighted by atomic mass is 19.1. The Morgan fingerprint density at radius 3 is 2.64 bits per heavy atom. The second kappa shape index (κ2) is 7.85. The quantitative estimate of drug-likeness (QED) is 0.708. The number of carbonyl (C=O) groups excluding carboxylic acids is 1.